The smallest absolute Gasteiger partial charge is 0.126 e. The molecule has 0 spiro atoms. The minimum absolute atomic E-state index is 0.262. The van der Waals surface area contributed by atoms with E-state index >= 15 is 0 Å². The van der Waals surface area contributed by atoms with Crippen molar-refractivity contribution in [1.82, 2.24) is 0 Å². The summed E-state index contributed by atoms with van der Waals surface area (Å²) in [6, 6.07) is 6.19. The van der Waals surface area contributed by atoms with Gasteiger partial charge in [-0.3, -0.25) is 0 Å². The molecule has 0 bridgehead atoms. The van der Waals surface area contributed by atoms with E-state index in [4.69, 9.17) is 4.74 Å². The summed E-state index contributed by atoms with van der Waals surface area (Å²) in [5.74, 6) is 0.317. The van der Waals surface area contributed by atoms with Crippen molar-refractivity contribution in [2.45, 2.75) is 26.2 Å². The number of rotatable bonds is 6. The summed E-state index contributed by atoms with van der Waals surface area (Å²) in [6.45, 7) is 2.67. The molecule has 0 saturated heterocycles. The Balaban J connectivity index is 2.22. The molecule has 0 aromatic heterocycles. The van der Waals surface area contributed by atoms with Crippen LogP contribution in [0.1, 0.15) is 26.2 Å². The van der Waals surface area contributed by atoms with E-state index in [2.05, 4.69) is 13.0 Å². The molecule has 0 aliphatic heterocycles. The molecule has 1 aromatic carbocycles. The van der Waals surface area contributed by atoms with Crippen LogP contribution >= 0.6 is 0 Å². The van der Waals surface area contributed by atoms with Crippen LogP contribution in [0.4, 0.5) is 4.39 Å². The maximum absolute atomic E-state index is 12.7. The highest BCUT2D eigenvalue weighted by Gasteiger charge is 1.93. The molecule has 1 rings (SSSR count). The van der Waals surface area contributed by atoms with Crippen molar-refractivity contribution in [3.63, 3.8) is 0 Å². The number of unbranched alkanes of at least 4 members (excludes halogenated alkanes) is 2. The molecule has 15 heavy (non-hydrogen) atoms. The lowest BCUT2D eigenvalue weighted by Crippen LogP contribution is -1.93. The van der Waals surface area contributed by atoms with Crippen LogP contribution in [0.3, 0.4) is 0 Å². The third-order valence-electron chi connectivity index (χ3n) is 2.03. The molecule has 0 N–H and O–H groups in total. The second kappa shape index (κ2) is 7.04. The molecule has 0 radical (unpaired) electrons. The van der Waals surface area contributed by atoms with Crippen LogP contribution in [0.25, 0.3) is 0 Å². The van der Waals surface area contributed by atoms with Gasteiger partial charge < -0.3 is 4.74 Å². The topological polar surface area (TPSA) is 9.23 Å². The molecule has 0 unspecified atom stereocenters. The SMILES string of the molecule is CCCC/C=C/COc1cccc(F)c1. The Labute approximate surface area is 90.6 Å². The first-order valence-electron chi connectivity index (χ1n) is 5.36. The van der Waals surface area contributed by atoms with Crippen molar-refractivity contribution < 1.29 is 9.13 Å². The molecule has 0 saturated carbocycles. The van der Waals surface area contributed by atoms with Gasteiger partial charge in [0.1, 0.15) is 18.2 Å². The lowest BCUT2D eigenvalue weighted by Gasteiger charge is -2.02. The van der Waals surface area contributed by atoms with Crippen LogP contribution in [0.15, 0.2) is 36.4 Å². The van der Waals surface area contributed by atoms with E-state index in [9.17, 15) is 4.39 Å². The van der Waals surface area contributed by atoms with E-state index < -0.39 is 0 Å². The zero-order valence-electron chi connectivity index (χ0n) is 9.08. The fourth-order valence-corrected chi connectivity index (χ4v) is 1.21. The molecule has 0 aliphatic carbocycles. The summed E-state index contributed by atoms with van der Waals surface area (Å²) in [7, 11) is 0. The van der Waals surface area contributed by atoms with Gasteiger partial charge in [0.2, 0.25) is 0 Å². The molecule has 0 amide bonds. The van der Waals surface area contributed by atoms with Gasteiger partial charge in [0.25, 0.3) is 0 Å². The standard InChI is InChI=1S/C13H17FO/c1-2-3-4-5-6-10-15-13-9-7-8-12(14)11-13/h5-9,11H,2-4,10H2,1H3/b6-5+. The molecule has 2 heteroatoms. The van der Waals surface area contributed by atoms with Crippen LogP contribution < -0.4 is 4.74 Å². The van der Waals surface area contributed by atoms with Crippen LogP contribution in [0.5, 0.6) is 5.75 Å². The molecular weight excluding hydrogens is 191 g/mol. The molecule has 0 aliphatic rings. The van der Waals surface area contributed by atoms with Gasteiger partial charge in [-0.1, -0.05) is 38.0 Å². The monoisotopic (exact) mass is 208 g/mol. The van der Waals surface area contributed by atoms with Crippen LogP contribution in [0.2, 0.25) is 0 Å². The molecule has 82 valence electrons. The van der Waals surface area contributed by atoms with Gasteiger partial charge in [-0.25, -0.2) is 4.39 Å². The Hall–Kier alpha value is -1.31. The van der Waals surface area contributed by atoms with E-state index in [1.807, 2.05) is 6.08 Å². The van der Waals surface area contributed by atoms with Crippen LogP contribution in [-0.2, 0) is 0 Å². The number of hydrogen-bond acceptors (Lipinski definition) is 1. The maximum Gasteiger partial charge on any atom is 0.126 e. The average Bonchev–Trinajstić information content (AvgIpc) is 2.23. The first-order valence-corrected chi connectivity index (χ1v) is 5.36. The highest BCUT2D eigenvalue weighted by Crippen LogP contribution is 2.11. The Kier molecular flexibility index (Phi) is 5.52. The van der Waals surface area contributed by atoms with E-state index in [-0.39, 0.29) is 5.82 Å². The van der Waals surface area contributed by atoms with Crippen molar-refractivity contribution in [1.29, 1.82) is 0 Å². The summed E-state index contributed by atoms with van der Waals surface area (Å²) < 4.78 is 18.1. The largest absolute Gasteiger partial charge is 0.489 e. The van der Waals surface area contributed by atoms with Crippen LogP contribution in [0, 0.1) is 5.82 Å². The van der Waals surface area contributed by atoms with Gasteiger partial charge in [0, 0.05) is 6.07 Å². The minimum Gasteiger partial charge on any atom is -0.489 e. The lowest BCUT2D eigenvalue weighted by molar-refractivity contribution is 0.360. The average molecular weight is 208 g/mol. The third-order valence-corrected chi connectivity index (χ3v) is 2.03. The lowest BCUT2D eigenvalue weighted by atomic mass is 10.2. The second-order valence-corrected chi connectivity index (χ2v) is 3.38. The van der Waals surface area contributed by atoms with Crippen molar-refractivity contribution in [3.8, 4) is 5.75 Å². The maximum atomic E-state index is 12.7. The van der Waals surface area contributed by atoms with Crippen molar-refractivity contribution in [2.24, 2.45) is 0 Å². The number of benzene rings is 1. The third kappa shape index (κ3) is 5.21. The van der Waals surface area contributed by atoms with Crippen LogP contribution in [-0.4, -0.2) is 6.61 Å². The molecule has 0 atom stereocenters. The zero-order valence-corrected chi connectivity index (χ0v) is 9.08. The number of halogens is 1. The summed E-state index contributed by atoms with van der Waals surface area (Å²) >= 11 is 0. The van der Waals surface area contributed by atoms with Crippen molar-refractivity contribution in [2.75, 3.05) is 6.61 Å². The molecule has 1 aromatic rings. The summed E-state index contributed by atoms with van der Waals surface area (Å²) in [5, 5.41) is 0. The van der Waals surface area contributed by atoms with Gasteiger partial charge in [0.15, 0.2) is 0 Å². The summed E-state index contributed by atoms with van der Waals surface area (Å²) in [4.78, 5) is 0. The molecule has 0 fully saturated rings. The van der Waals surface area contributed by atoms with Gasteiger partial charge in [-0.05, 0) is 18.6 Å². The summed E-state index contributed by atoms with van der Waals surface area (Å²) in [5.41, 5.74) is 0. The Morgan fingerprint density at radius 1 is 1.33 bits per heavy atom. The van der Waals surface area contributed by atoms with Crippen molar-refractivity contribution >= 4 is 0 Å². The fraction of sp³-hybridized carbons (Fsp3) is 0.385. The Morgan fingerprint density at radius 2 is 2.20 bits per heavy atom. The van der Waals surface area contributed by atoms with Gasteiger partial charge in [0.05, 0.1) is 0 Å². The van der Waals surface area contributed by atoms with E-state index in [0.29, 0.717) is 12.4 Å². The first-order chi connectivity index (χ1) is 7.33. The predicted molar refractivity (Wildman–Crippen MR) is 60.6 cm³/mol. The van der Waals surface area contributed by atoms with Gasteiger partial charge >= 0.3 is 0 Å². The number of hydrogen-bond donors (Lipinski definition) is 0. The van der Waals surface area contributed by atoms with E-state index in [1.54, 1.807) is 12.1 Å². The highest BCUT2D eigenvalue weighted by atomic mass is 19.1. The zero-order chi connectivity index (χ0) is 10.9. The first kappa shape index (κ1) is 11.8. The van der Waals surface area contributed by atoms with Gasteiger partial charge in [-0.2, -0.15) is 0 Å². The number of allylic oxidation sites excluding steroid dienone is 1. The highest BCUT2D eigenvalue weighted by molar-refractivity contribution is 5.22. The molecular formula is C13H17FO. The fourth-order valence-electron chi connectivity index (χ4n) is 1.21. The van der Waals surface area contributed by atoms with Crippen molar-refractivity contribution in [3.05, 3.63) is 42.2 Å². The minimum atomic E-state index is -0.262. The van der Waals surface area contributed by atoms with E-state index in [0.717, 1.165) is 6.42 Å². The van der Waals surface area contributed by atoms with Gasteiger partial charge in [-0.15, -0.1) is 0 Å². The normalized spacial score (nSPS) is 10.8. The number of ether oxygens (including phenoxy) is 1. The Morgan fingerprint density at radius 3 is 2.93 bits per heavy atom. The quantitative estimate of drug-likeness (QED) is 0.508. The predicted octanol–water partition coefficient (Wildman–Crippen LogP) is 3.95. The molecule has 1 nitrogen and oxygen atoms in total. The Bertz CT molecular complexity index is 307. The second-order valence-electron chi connectivity index (χ2n) is 3.38. The molecule has 0 heterocycles. The summed E-state index contributed by atoms with van der Waals surface area (Å²) in [6.07, 6.45) is 7.57. The van der Waals surface area contributed by atoms with E-state index in [1.165, 1.54) is 25.0 Å².